The molecule has 0 atom stereocenters. The molecular weight excluding hydrogens is 424 g/mol. The molecule has 0 saturated carbocycles. The normalized spacial score (nSPS) is 11.6. The first kappa shape index (κ1) is 22.7. The predicted molar refractivity (Wildman–Crippen MR) is 122 cm³/mol. The van der Waals surface area contributed by atoms with E-state index >= 15 is 0 Å². The summed E-state index contributed by atoms with van der Waals surface area (Å²) in [7, 11) is 3.84. The number of likely N-dealkylation sites (N-methyl/N-ethyl adjacent to an activating group) is 1. The molecule has 0 bridgehead atoms. The molecule has 0 spiro atoms. The zero-order chi connectivity index (χ0) is 21.8. The SMILES string of the molecule is CC(C)Sc1ccc(CC(=O)N(CCN(C)C)c2nc3c(F)cc(F)cc3s2)cc1. The molecule has 0 radical (unpaired) electrons. The highest BCUT2D eigenvalue weighted by molar-refractivity contribution is 7.99. The predicted octanol–water partition coefficient (Wildman–Crippen LogP) is 5.21. The van der Waals surface area contributed by atoms with Crippen LogP contribution in [0.1, 0.15) is 19.4 Å². The largest absolute Gasteiger partial charge is 0.308 e. The van der Waals surface area contributed by atoms with E-state index in [1.807, 2.05) is 43.3 Å². The third-order valence-electron chi connectivity index (χ3n) is 4.36. The van der Waals surface area contributed by atoms with Crippen LogP contribution < -0.4 is 4.90 Å². The van der Waals surface area contributed by atoms with Crippen molar-refractivity contribution in [1.29, 1.82) is 0 Å². The van der Waals surface area contributed by atoms with E-state index in [-0.39, 0.29) is 17.8 Å². The van der Waals surface area contributed by atoms with E-state index in [0.717, 1.165) is 27.9 Å². The van der Waals surface area contributed by atoms with Gasteiger partial charge >= 0.3 is 0 Å². The Hall–Kier alpha value is -2.03. The number of amides is 1. The zero-order valence-corrected chi connectivity index (χ0v) is 19.1. The van der Waals surface area contributed by atoms with E-state index < -0.39 is 11.6 Å². The van der Waals surface area contributed by atoms with Crippen LogP contribution in [-0.4, -0.2) is 48.2 Å². The number of halogens is 2. The molecule has 0 aliphatic rings. The molecule has 160 valence electrons. The third kappa shape index (κ3) is 5.77. The van der Waals surface area contributed by atoms with E-state index in [1.54, 1.807) is 16.7 Å². The van der Waals surface area contributed by atoms with Crippen molar-refractivity contribution in [3.8, 4) is 0 Å². The maximum atomic E-state index is 14.1. The Morgan fingerprint density at radius 1 is 1.13 bits per heavy atom. The average molecular weight is 450 g/mol. The molecule has 1 amide bonds. The van der Waals surface area contributed by atoms with E-state index in [4.69, 9.17) is 0 Å². The van der Waals surface area contributed by atoms with Crippen LogP contribution in [0.5, 0.6) is 0 Å². The topological polar surface area (TPSA) is 36.4 Å². The number of anilines is 1. The first-order valence-electron chi connectivity index (χ1n) is 9.69. The van der Waals surface area contributed by atoms with Crippen molar-refractivity contribution >= 4 is 44.4 Å². The van der Waals surface area contributed by atoms with Crippen molar-refractivity contribution < 1.29 is 13.6 Å². The minimum atomic E-state index is -0.717. The minimum Gasteiger partial charge on any atom is -0.308 e. The van der Waals surface area contributed by atoms with Gasteiger partial charge in [-0.1, -0.05) is 37.3 Å². The lowest BCUT2D eigenvalue weighted by atomic mass is 10.1. The van der Waals surface area contributed by atoms with Gasteiger partial charge < -0.3 is 4.90 Å². The molecule has 4 nitrogen and oxygen atoms in total. The molecule has 3 rings (SSSR count). The molecule has 2 aromatic carbocycles. The van der Waals surface area contributed by atoms with Crippen LogP contribution in [0.4, 0.5) is 13.9 Å². The van der Waals surface area contributed by atoms with Crippen LogP contribution in [0.15, 0.2) is 41.3 Å². The number of hydrogen-bond donors (Lipinski definition) is 0. The molecule has 8 heteroatoms. The summed E-state index contributed by atoms with van der Waals surface area (Å²) in [5.74, 6) is -1.49. The lowest BCUT2D eigenvalue weighted by Crippen LogP contribution is -2.37. The van der Waals surface area contributed by atoms with Gasteiger partial charge in [-0.05, 0) is 37.9 Å². The summed E-state index contributed by atoms with van der Waals surface area (Å²) in [5, 5.41) is 0.872. The van der Waals surface area contributed by atoms with Crippen LogP contribution in [0.3, 0.4) is 0 Å². The number of rotatable bonds is 8. The molecule has 0 saturated heterocycles. The zero-order valence-electron chi connectivity index (χ0n) is 17.5. The summed E-state index contributed by atoms with van der Waals surface area (Å²) in [6, 6.07) is 10.0. The maximum Gasteiger partial charge on any atom is 0.233 e. The Bertz CT molecular complexity index is 1020. The number of thiazole rings is 1. The summed E-state index contributed by atoms with van der Waals surface area (Å²) >= 11 is 2.90. The second kappa shape index (κ2) is 9.85. The summed E-state index contributed by atoms with van der Waals surface area (Å²) in [5.41, 5.74) is 0.996. The maximum absolute atomic E-state index is 14.1. The fraction of sp³-hybridized carbons (Fsp3) is 0.364. The highest BCUT2D eigenvalue weighted by atomic mass is 32.2. The standard InChI is InChI=1S/C22H25F2N3OS2/c1-14(2)29-17-7-5-15(6-8-17)11-20(28)27(10-9-26(3)4)22-25-21-18(24)12-16(23)13-19(21)30-22/h5-8,12-14H,9-11H2,1-4H3. The van der Waals surface area contributed by atoms with Gasteiger partial charge in [-0.2, -0.15) is 0 Å². The second-order valence-corrected chi connectivity index (χ2v) is 10.2. The lowest BCUT2D eigenvalue weighted by molar-refractivity contribution is -0.118. The molecule has 1 aromatic heterocycles. The van der Waals surface area contributed by atoms with Crippen molar-refractivity contribution in [3.63, 3.8) is 0 Å². The molecule has 0 aliphatic heterocycles. The fourth-order valence-electron chi connectivity index (χ4n) is 2.92. The van der Waals surface area contributed by atoms with Gasteiger partial charge in [0.25, 0.3) is 0 Å². The molecule has 0 aliphatic carbocycles. The Balaban J connectivity index is 1.84. The van der Waals surface area contributed by atoms with Crippen molar-refractivity contribution in [2.24, 2.45) is 0 Å². The van der Waals surface area contributed by atoms with E-state index in [9.17, 15) is 13.6 Å². The monoisotopic (exact) mass is 449 g/mol. The van der Waals surface area contributed by atoms with Gasteiger partial charge in [-0.15, -0.1) is 11.8 Å². The summed E-state index contributed by atoms with van der Waals surface area (Å²) in [6.45, 7) is 5.31. The van der Waals surface area contributed by atoms with Gasteiger partial charge in [0.05, 0.1) is 11.1 Å². The van der Waals surface area contributed by atoms with Gasteiger partial charge in [0.15, 0.2) is 10.9 Å². The summed E-state index contributed by atoms with van der Waals surface area (Å²) < 4.78 is 28.1. The second-order valence-electron chi connectivity index (χ2n) is 7.57. The molecule has 0 unspecified atom stereocenters. The number of fused-ring (bicyclic) bond motifs is 1. The molecule has 30 heavy (non-hydrogen) atoms. The Kier molecular flexibility index (Phi) is 7.44. The van der Waals surface area contributed by atoms with Gasteiger partial charge in [-0.25, -0.2) is 13.8 Å². The van der Waals surface area contributed by atoms with Gasteiger partial charge in [0.2, 0.25) is 5.91 Å². The number of thioether (sulfide) groups is 1. The van der Waals surface area contributed by atoms with Crippen LogP contribution >= 0.6 is 23.1 Å². The number of hydrogen-bond acceptors (Lipinski definition) is 5. The first-order valence-corrected chi connectivity index (χ1v) is 11.4. The third-order valence-corrected chi connectivity index (χ3v) is 6.40. The molecule has 0 N–H and O–H groups in total. The van der Waals surface area contributed by atoms with E-state index in [0.29, 0.717) is 28.2 Å². The minimum absolute atomic E-state index is 0.0918. The Morgan fingerprint density at radius 3 is 2.47 bits per heavy atom. The van der Waals surface area contributed by atoms with Crippen molar-refractivity contribution in [2.45, 2.75) is 30.4 Å². The van der Waals surface area contributed by atoms with Crippen LogP contribution in [0.2, 0.25) is 0 Å². The fourth-order valence-corrected chi connectivity index (χ4v) is 4.80. The van der Waals surface area contributed by atoms with Crippen molar-refractivity contribution in [1.82, 2.24) is 9.88 Å². The Morgan fingerprint density at radius 2 is 1.83 bits per heavy atom. The highest BCUT2D eigenvalue weighted by Crippen LogP contribution is 2.31. The van der Waals surface area contributed by atoms with Crippen molar-refractivity contribution in [2.75, 3.05) is 32.1 Å². The molecule has 0 fully saturated rings. The quantitative estimate of drug-likeness (QED) is 0.442. The summed E-state index contributed by atoms with van der Waals surface area (Å²) in [6.07, 6.45) is 0.215. The molecule has 3 aromatic rings. The number of benzene rings is 2. The number of carbonyl (C=O) groups is 1. The van der Waals surface area contributed by atoms with Crippen LogP contribution in [0.25, 0.3) is 10.2 Å². The first-order chi connectivity index (χ1) is 14.2. The van der Waals surface area contributed by atoms with Crippen LogP contribution in [-0.2, 0) is 11.2 Å². The van der Waals surface area contributed by atoms with Crippen molar-refractivity contribution in [3.05, 3.63) is 53.6 Å². The lowest BCUT2D eigenvalue weighted by Gasteiger charge is -2.22. The Labute approximate surface area is 183 Å². The smallest absolute Gasteiger partial charge is 0.233 e. The van der Waals surface area contributed by atoms with Gasteiger partial charge in [0.1, 0.15) is 11.3 Å². The molecular formula is C22H25F2N3OS2. The summed E-state index contributed by atoms with van der Waals surface area (Å²) in [4.78, 5) is 22.1. The average Bonchev–Trinajstić information content (AvgIpc) is 3.06. The highest BCUT2D eigenvalue weighted by Gasteiger charge is 2.21. The van der Waals surface area contributed by atoms with Gasteiger partial charge in [-0.3, -0.25) is 9.69 Å². The van der Waals surface area contributed by atoms with E-state index in [1.165, 1.54) is 6.07 Å². The van der Waals surface area contributed by atoms with E-state index in [2.05, 4.69) is 18.8 Å². The number of carbonyl (C=O) groups excluding carboxylic acids is 1. The molecule has 1 heterocycles. The number of aromatic nitrogens is 1. The van der Waals surface area contributed by atoms with Gasteiger partial charge in [0, 0.05) is 29.3 Å². The van der Waals surface area contributed by atoms with Crippen LogP contribution in [0, 0.1) is 11.6 Å². The number of nitrogens with zero attached hydrogens (tertiary/aromatic N) is 3.